The summed E-state index contributed by atoms with van der Waals surface area (Å²) in [5.74, 6) is 0. The molecule has 0 bridgehead atoms. The molecule has 0 amide bonds. The van der Waals surface area contributed by atoms with Crippen LogP contribution in [0.15, 0.2) is 17.3 Å². The third kappa shape index (κ3) is 3.14. The largest absolute Gasteiger partial charge is 0.396 e. The van der Waals surface area contributed by atoms with Crippen LogP contribution in [0.3, 0.4) is 0 Å². The third-order valence-electron chi connectivity index (χ3n) is 3.07. The number of aliphatic hydroxyl groups excluding tert-OH is 1. The molecule has 1 aliphatic rings. The summed E-state index contributed by atoms with van der Waals surface area (Å²) >= 11 is 0. The van der Waals surface area contributed by atoms with Crippen LogP contribution in [0.5, 0.6) is 0 Å². The second-order valence-electron chi connectivity index (χ2n) is 4.56. The monoisotopic (exact) mass is 289 g/mol. The number of aromatic nitrogens is 2. The van der Waals surface area contributed by atoms with Gasteiger partial charge in [0.15, 0.2) is 0 Å². The van der Waals surface area contributed by atoms with E-state index in [1.54, 1.807) is 0 Å². The minimum absolute atomic E-state index is 0.0580. The minimum Gasteiger partial charge on any atom is -0.396 e. The minimum atomic E-state index is -3.51. The average molecular weight is 289 g/mol. The van der Waals surface area contributed by atoms with E-state index in [1.165, 1.54) is 21.4 Å². The van der Waals surface area contributed by atoms with Crippen LogP contribution in [-0.4, -0.2) is 60.0 Å². The highest BCUT2D eigenvalue weighted by molar-refractivity contribution is 7.89. The van der Waals surface area contributed by atoms with Gasteiger partial charge in [0.05, 0.1) is 19.4 Å². The molecular formula is C11H19N3O4S. The van der Waals surface area contributed by atoms with Gasteiger partial charge in [-0.25, -0.2) is 8.42 Å². The Bertz CT molecular complexity index is 514. The van der Waals surface area contributed by atoms with Crippen molar-refractivity contribution in [2.45, 2.75) is 30.8 Å². The lowest BCUT2D eigenvalue weighted by Gasteiger charge is -2.31. The van der Waals surface area contributed by atoms with Gasteiger partial charge in [-0.2, -0.15) is 9.40 Å². The molecule has 0 saturated carbocycles. The number of nitrogens with zero attached hydrogens (tertiary/aromatic N) is 3. The van der Waals surface area contributed by atoms with Gasteiger partial charge in [-0.1, -0.05) is 0 Å². The molecular weight excluding hydrogens is 270 g/mol. The van der Waals surface area contributed by atoms with Crippen LogP contribution < -0.4 is 0 Å². The molecule has 0 aliphatic carbocycles. The molecule has 1 N–H and O–H groups in total. The summed E-state index contributed by atoms with van der Waals surface area (Å²) in [7, 11) is -3.51. The third-order valence-corrected chi connectivity index (χ3v) is 5.03. The molecule has 1 fully saturated rings. The summed E-state index contributed by atoms with van der Waals surface area (Å²) in [6.07, 6.45) is 3.41. The maximum Gasteiger partial charge on any atom is 0.246 e. The number of sulfonamides is 1. The van der Waals surface area contributed by atoms with Crippen molar-refractivity contribution in [2.24, 2.45) is 0 Å². The van der Waals surface area contributed by atoms with Gasteiger partial charge in [0, 0.05) is 31.9 Å². The van der Waals surface area contributed by atoms with Crippen LogP contribution >= 0.6 is 0 Å². The molecule has 1 aromatic heterocycles. The Morgan fingerprint density at radius 1 is 1.58 bits per heavy atom. The Morgan fingerprint density at radius 3 is 3.05 bits per heavy atom. The smallest absolute Gasteiger partial charge is 0.246 e. The van der Waals surface area contributed by atoms with Crippen LogP contribution in [0, 0.1) is 0 Å². The molecule has 1 unspecified atom stereocenters. The van der Waals surface area contributed by atoms with E-state index >= 15 is 0 Å². The zero-order chi connectivity index (χ0) is 13.9. The van der Waals surface area contributed by atoms with Gasteiger partial charge < -0.3 is 9.84 Å². The summed E-state index contributed by atoms with van der Waals surface area (Å²) in [5, 5.41) is 12.8. The summed E-state index contributed by atoms with van der Waals surface area (Å²) in [5.41, 5.74) is 0. The molecule has 7 nitrogen and oxygen atoms in total. The first kappa shape index (κ1) is 14.4. The standard InChI is InChI=1S/C11H19N3O4S/c1-10-9-18-6-4-14(10)19(16,17)11-7-12-13(8-11)3-2-5-15/h7-8,10,15H,2-6,9H2,1H3. The lowest BCUT2D eigenvalue weighted by atomic mass is 10.3. The SMILES string of the molecule is CC1COCCN1S(=O)(=O)c1cnn(CCCO)c1. The molecule has 0 radical (unpaired) electrons. The summed E-state index contributed by atoms with van der Waals surface area (Å²) in [6, 6.07) is -0.167. The van der Waals surface area contributed by atoms with E-state index in [1.807, 2.05) is 6.92 Å². The number of ether oxygens (including phenoxy) is 1. The van der Waals surface area contributed by atoms with Crippen LogP contribution in [0.4, 0.5) is 0 Å². The highest BCUT2D eigenvalue weighted by atomic mass is 32.2. The lowest BCUT2D eigenvalue weighted by Crippen LogP contribution is -2.46. The average Bonchev–Trinajstić information content (AvgIpc) is 2.86. The van der Waals surface area contributed by atoms with Gasteiger partial charge in [-0.15, -0.1) is 0 Å². The molecule has 1 saturated heterocycles. The molecule has 108 valence electrons. The second kappa shape index (κ2) is 6.00. The van der Waals surface area contributed by atoms with Crippen LogP contribution in [-0.2, 0) is 21.3 Å². The first-order chi connectivity index (χ1) is 9.05. The highest BCUT2D eigenvalue weighted by Crippen LogP contribution is 2.19. The quantitative estimate of drug-likeness (QED) is 0.802. The van der Waals surface area contributed by atoms with Gasteiger partial charge >= 0.3 is 0 Å². The number of hydrogen-bond acceptors (Lipinski definition) is 5. The first-order valence-electron chi connectivity index (χ1n) is 6.28. The first-order valence-corrected chi connectivity index (χ1v) is 7.72. The van der Waals surface area contributed by atoms with E-state index in [4.69, 9.17) is 9.84 Å². The molecule has 1 atom stereocenters. The fourth-order valence-electron chi connectivity index (χ4n) is 2.04. The number of aryl methyl sites for hydroxylation is 1. The molecule has 8 heteroatoms. The molecule has 0 aromatic carbocycles. The van der Waals surface area contributed by atoms with Gasteiger partial charge in [0.2, 0.25) is 10.0 Å². The van der Waals surface area contributed by atoms with Gasteiger partial charge in [0.1, 0.15) is 4.90 Å². The van der Waals surface area contributed by atoms with Gasteiger partial charge in [-0.3, -0.25) is 4.68 Å². The zero-order valence-electron chi connectivity index (χ0n) is 10.9. The predicted molar refractivity (Wildman–Crippen MR) is 68.1 cm³/mol. The molecule has 0 spiro atoms. The van der Waals surface area contributed by atoms with Crippen molar-refractivity contribution < 1.29 is 18.3 Å². The van der Waals surface area contributed by atoms with Crippen molar-refractivity contribution in [2.75, 3.05) is 26.4 Å². The topological polar surface area (TPSA) is 84.7 Å². The summed E-state index contributed by atoms with van der Waals surface area (Å²) in [4.78, 5) is 0.194. The number of hydrogen-bond donors (Lipinski definition) is 1. The van der Waals surface area contributed by atoms with Crippen molar-refractivity contribution in [3.05, 3.63) is 12.4 Å². The van der Waals surface area contributed by atoms with Crippen molar-refractivity contribution in [3.63, 3.8) is 0 Å². The summed E-state index contributed by atoms with van der Waals surface area (Å²) < 4.78 is 33.1. The van der Waals surface area contributed by atoms with Crippen LogP contribution in [0.2, 0.25) is 0 Å². The Balaban J connectivity index is 2.16. The number of morpholine rings is 1. The fraction of sp³-hybridized carbons (Fsp3) is 0.727. The van der Waals surface area contributed by atoms with E-state index in [2.05, 4.69) is 5.10 Å². The summed E-state index contributed by atoms with van der Waals surface area (Å²) in [6.45, 7) is 3.59. The fourth-order valence-corrected chi connectivity index (χ4v) is 3.59. The van der Waals surface area contributed by atoms with Crippen molar-refractivity contribution in [3.8, 4) is 0 Å². The normalized spacial score (nSPS) is 21.7. The van der Waals surface area contributed by atoms with E-state index < -0.39 is 10.0 Å². The molecule has 1 aliphatic heterocycles. The Labute approximate surface area is 112 Å². The number of aliphatic hydroxyl groups is 1. The number of rotatable bonds is 5. The van der Waals surface area contributed by atoms with Gasteiger partial charge in [-0.05, 0) is 13.3 Å². The van der Waals surface area contributed by atoms with Crippen LogP contribution in [0.25, 0.3) is 0 Å². The van der Waals surface area contributed by atoms with E-state index in [0.717, 1.165) is 0 Å². The lowest BCUT2D eigenvalue weighted by molar-refractivity contribution is 0.0392. The van der Waals surface area contributed by atoms with Crippen molar-refractivity contribution >= 4 is 10.0 Å². The van der Waals surface area contributed by atoms with E-state index in [-0.39, 0.29) is 17.5 Å². The molecule has 19 heavy (non-hydrogen) atoms. The highest BCUT2D eigenvalue weighted by Gasteiger charge is 2.32. The molecule has 2 heterocycles. The predicted octanol–water partition coefficient (Wildman–Crippen LogP) is -0.325. The Kier molecular flexibility index (Phi) is 4.56. The molecule has 1 aromatic rings. The maximum atomic E-state index is 12.5. The van der Waals surface area contributed by atoms with E-state index in [0.29, 0.717) is 32.7 Å². The maximum absolute atomic E-state index is 12.5. The van der Waals surface area contributed by atoms with Crippen molar-refractivity contribution in [1.29, 1.82) is 0 Å². The zero-order valence-corrected chi connectivity index (χ0v) is 11.7. The van der Waals surface area contributed by atoms with Crippen molar-refractivity contribution in [1.82, 2.24) is 14.1 Å². The molecule has 2 rings (SSSR count). The van der Waals surface area contributed by atoms with Gasteiger partial charge in [0.25, 0.3) is 0 Å². The Morgan fingerprint density at radius 2 is 2.37 bits per heavy atom. The van der Waals surface area contributed by atoms with Crippen LogP contribution in [0.1, 0.15) is 13.3 Å². The second-order valence-corrected chi connectivity index (χ2v) is 6.45. The van der Waals surface area contributed by atoms with E-state index in [9.17, 15) is 8.42 Å². The Hall–Kier alpha value is -0.960.